The van der Waals surface area contributed by atoms with Crippen LogP contribution in [0.2, 0.25) is 0 Å². The standard InChI is InChI=1S/C16H20N2O/c1-12-6-4-5-7-15(12)10-17-16(19)11-18-13(2)8-9-14(18)3/h4-9H,10-11H2,1-3H3,(H,17,19). The smallest absolute Gasteiger partial charge is 0.240 e. The Labute approximate surface area is 114 Å². The molecule has 0 unspecified atom stereocenters. The van der Waals surface area contributed by atoms with Crippen molar-refractivity contribution in [2.24, 2.45) is 0 Å². The number of rotatable bonds is 4. The maximum atomic E-state index is 12.0. The molecule has 1 aromatic carbocycles. The second-order valence-corrected chi connectivity index (χ2v) is 4.91. The molecule has 19 heavy (non-hydrogen) atoms. The molecule has 3 nitrogen and oxygen atoms in total. The molecule has 0 aliphatic rings. The number of nitrogens with one attached hydrogen (secondary N) is 1. The molecule has 0 aliphatic heterocycles. The molecule has 0 fully saturated rings. The second kappa shape index (κ2) is 5.74. The molecule has 1 aromatic heterocycles. The third-order valence-corrected chi connectivity index (χ3v) is 3.46. The largest absolute Gasteiger partial charge is 0.350 e. The SMILES string of the molecule is Cc1ccccc1CNC(=O)Cn1c(C)ccc1C. The predicted molar refractivity (Wildman–Crippen MR) is 76.9 cm³/mol. The number of amides is 1. The van der Waals surface area contributed by atoms with Crippen molar-refractivity contribution in [3.63, 3.8) is 0 Å². The van der Waals surface area contributed by atoms with E-state index in [1.54, 1.807) is 0 Å². The van der Waals surface area contributed by atoms with E-state index in [9.17, 15) is 4.79 Å². The van der Waals surface area contributed by atoms with Gasteiger partial charge in [0.05, 0.1) is 0 Å². The second-order valence-electron chi connectivity index (χ2n) is 4.91. The number of nitrogens with zero attached hydrogens (tertiary/aromatic N) is 1. The zero-order valence-electron chi connectivity index (χ0n) is 11.7. The maximum Gasteiger partial charge on any atom is 0.240 e. The van der Waals surface area contributed by atoms with Crippen molar-refractivity contribution in [3.8, 4) is 0 Å². The van der Waals surface area contributed by atoms with Crippen molar-refractivity contribution < 1.29 is 4.79 Å². The van der Waals surface area contributed by atoms with Crippen molar-refractivity contribution in [1.82, 2.24) is 9.88 Å². The van der Waals surface area contributed by atoms with Crippen molar-refractivity contribution >= 4 is 5.91 Å². The Morgan fingerprint density at radius 3 is 2.32 bits per heavy atom. The maximum absolute atomic E-state index is 12.0. The summed E-state index contributed by atoms with van der Waals surface area (Å²) in [5.41, 5.74) is 4.60. The van der Waals surface area contributed by atoms with Crippen LogP contribution in [0.1, 0.15) is 22.5 Å². The molecular formula is C16H20N2O. The van der Waals surface area contributed by atoms with Gasteiger partial charge in [-0.3, -0.25) is 4.79 Å². The summed E-state index contributed by atoms with van der Waals surface area (Å²) >= 11 is 0. The Morgan fingerprint density at radius 2 is 1.68 bits per heavy atom. The highest BCUT2D eigenvalue weighted by molar-refractivity contribution is 5.76. The number of carbonyl (C=O) groups is 1. The van der Waals surface area contributed by atoms with Crippen molar-refractivity contribution in [2.75, 3.05) is 0 Å². The van der Waals surface area contributed by atoms with Gasteiger partial charge in [0.1, 0.15) is 6.54 Å². The molecule has 0 spiro atoms. The molecule has 3 heteroatoms. The molecule has 1 heterocycles. The molecule has 0 bridgehead atoms. The first kappa shape index (κ1) is 13.4. The molecule has 2 aromatic rings. The summed E-state index contributed by atoms with van der Waals surface area (Å²) in [5, 5.41) is 2.97. The van der Waals surface area contributed by atoms with E-state index in [0.29, 0.717) is 13.1 Å². The fraction of sp³-hybridized carbons (Fsp3) is 0.312. The van der Waals surface area contributed by atoms with Crippen LogP contribution in [0, 0.1) is 20.8 Å². The summed E-state index contributed by atoms with van der Waals surface area (Å²) in [6.07, 6.45) is 0. The number of benzene rings is 1. The average Bonchev–Trinajstić information content (AvgIpc) is 2.70. The Bertz CT molecular complexity index is 565. The van der Waals surface area contributed by atoms with Gasteiger partial charge in [0.15, 0.2) is 0 Å². The number of aromatic nitrogens is 1. The van der Waals surface area contributed by atoms with E-state index < -0.39 is 0 Å². The van der Waals surface area contributed by atoms with E-state index in [1.807, 2.05) is 48.7 Å². The van der Waals surface area contributed by atoms with Crippen molar-refractivity contribution in [3.05, 3.63) is 58.9 Å². The van der Waals surface area contributed by atoms with E-state index in [0.717, 1.165) is 17.0 Å². The zero-order valence-corrected chi connectivity index (χ0v) is 11.7. The fourth-order valence-corrected chi connectivity index (χ4v) is 2.15. The minimum absolute atomic E-state index is 0.0469. The highest BCUT2D eigenvalue weighted by Crippen LogP contribution is 2.08. The topological polar surface area (TPSA) is 34.0 Å². The van der Waals surface area contributed by atoms with Crippen LogP contribution in [0.4, 0.5) is 0 Å². The Morgan fingerprint density at radius 1 is 1.05 bits per heavy atom. The van der Waals surface area contributed by atoms with E-state index in [2.05, 4.69) is 18.3 Å². The molecule has 100 valence electrons. The Hall–Kier alpha value is -2.03. The molecule has 0 aliphatic carbocycles. The van der Waals surface area contributed by atoms with Gasteiger partial charge in [0.25, 0.3) is 0 Å². The van der Waals surface area contributed by atoms with Gasteiger partial charge in [-0.1, -0.05) is 24.3 Å². The van der Waals surface area contributed by atoms with E-state index >= 15 is 0 Å². The molecule has 0 saturated heterocycles. The van der Waals surface area contributed by atoms with E-state index in [-0.39, 0.29) is 5.91 Å². The van der Waals surface area contributed by atoms with Gasteiger partial charge in [-0.25, -0.2) is 0 Å². The average molecular weight is 256 g/mol. The van der Waals surface area contributed by atoms with Gasteiger partial charge < -0.3 is 9.88 Å². The Kier molecular flexibility index (Phi) is 4.05. The lowest BCUT2D eigenvalue weighted by atomic mass is 10.1. The molecule has 0 saturated carbocycles. The molecular weight excluding hydrogens is 236 g/mol. The van der Waals surface area contributed by atoms with Crippen molar-refractivity contribution in [1.29, 1.82) is 0 Å². The predicted octanol–water partition coefficient (Wildman–Crippen LogP) is 2.73. The quantitative estimate of drug-likeness (QED) is 0.896. The summed E-state index contributed by atoms with van der Waals surface area (Å²) in [7, 11) is 0. The van der Waals surface area contributed by atoms with Crippen LogP contribution in [0.5, 0.6) is 0 Å². The highest BCUT2D eigenvalue weighted by atomic mass is 16.1. The fourth-order valence-electron chi connectivity index (χ4n) is 2.15. The summed E-state index contributed by atoms with van der Waals surface area (Å²) < 4.78 is 2.02. The zero-order chi connectivity index (χ0) is 13.8. The van der Waals surface area contributed by atoms with Gasteiger partial charge in [-0.2, -0.15) is 0 Å². The van der Waals surface area contributed by atoms with Crippen LogP contribution < -0.4 is 5.32 Å². The van der Waals surface area contributed by atoms with Crippen LogP contribution in [0.3, 0.4) is 0 Å². The van der Waals surface area contributed by atoms with E-state index in [1.165, 1.54) is 5.56 Å². The van der Waals surface area contributed by atoms with Crippen LogP contribution in [0.15, 0.2) is 36.4 Å². The summed E-state index contributed by atoms with van der Waals surface area (Å²) in [6.45, 7) is 7.06. The first-order valence-electron chi connectivity index (χ1n) is 6.52. The lowest BCUT2D eigenvalue weighted by Crippen LogP contribution is -2.28. The van der Waals surface area contributed by atoms with Crippen LogP contribution in [-0.2, 0) is 17.9 Å². The van der Waals surface area contributed by atoms with Crippen LogP contribution in [0.25, 0.3) is 0 Å². The summed E-state index contributed by atoms with van der Waals surface area (Å²) in [4.78, 5) is 12.0. The third kappa shape index (κ3) is 3.25. The van der Waals surface area contributed by atoms with Gasteiger partial charge in [-0.15, -0.1) is 0 Å². The number of hydrogen-bond donors (Lipinski definition) is 1. The monoisotopic (exact) mass is 256 g/mol. The molecule has 1 N–H and O–H groups in total. The third-order valence-electron chi connectivity index (χ3n) is 3.46. The summed E-state index contributed by atoms with van der Waals surface area (Å²) in [5.74, 6) is 0.0469. The molecule has 2 rings (SSSR count). The highest BCUT2D eigenvalue weighted by Gasteiger charge is 2.07. The molecule has 1 amide bonds. The normalized spacial score (nSPS) is 10.5. The van der Waals surface area contributed by atoms with Gasteiger partial charge >= 0.3 is 0 Å². The lowest BCUT2D eigenvalue weighted by Gasteiger charge is -2.11. The number of hydrogen-bond acceptors (Lipinski definition) is 1. The minimum atomic E-state index is 0.0469. The Balaban J connectivity index is 1.94. The van der Waals surface area contributed by atoms with Gasteiger partial charge in [0, 0.05) is 17.9 Å². The summed E-state index contributed by atoms with van der Waals surface area (Å²) in [6, 6.07) is 12.2. The number of aryl methyl sites for hydroxylation is 3. The van der Waals surface area contributed by atoms with E-state index in [4.69, 9.17) is 0 Å². The van der Waals surface area contributed by atoms with Crippen molar-refractivity contribution in [2.45, 2.75) is 33.9 Å². The molecule has 0 radical (unpaired) electrons. The first-order chi connectivity index (χ1) is 9.08. The lowest BCUT2D eigenvalue weighted by molar-refractivity contribution is -0.121. The van der Waals surface area contributed by atoms with Gasteiger partial charge in [0.2, 0.25) is 5.91 Å². The van der Waals surface area contributed by atoms with Crippen LogP contribution in [-0.4, -0.2) is 10.5 Å². The van der Waals surface area contributed by atoms with Gasteiger partial charge in [-0.05, 0) is 44.0 Å². The first-order valence-corrected chi connectivity index (χ1v) is 6.52. The number of carbonyl (C=O) groups excluding carboxylic acids is 1. The van der Waals surface area contributed by atoms with Crippen LogP contribution >= 0.6 is 0 Å². The minimum Gasteiger partial charge on any atom is -0.350 e. The molecule has 0 atom stereocenters.